The van der Waals surface area contributed by atoms with E-state index in [0.717, 1.165) is 0 Å². The molecule has 0 spiro atoms. The molecule has 1 rings (SSSR count). The minimum absolute atomic E-state index is 0.611. The third kappa shape index (κ3) is 2.35. The van der Waals surface area contributed by atoms with Gasteiger partial charge in [0.05, 0.1) is 0 Å². The highest BCUT2D eigenvalue weighted by molar-refractivity contribution is 7.91. The van der Waals surface area contributed by atoms with Gasteiger partial charge in [-0.15, -0.1) is 0 Å². The van der Waals surface area contributed by atoms with E-state index >= 15 is 0 Å². The van der Waals surface area contributed by atoms with Gasteiger partial charge in [0.25, 0.3) is 0 Å². The van der Waals surface area contributed by atoms with Crippen LogP contribution in [0.4, 0.5) is 0 Å². The average Bonchev–Trinajstić information content (AvgIpc) is 1.53. The molecular weight excluding hydrogens is 134 g/mol. The summed E-state index contributed by atoms with van der Waals surface area (Å²) in [6, 6.07) is 0. The fourth-order valence-electron chi connectivity index (χ4n) is 1.11. The van der Waals surface area contributed by atoms with Crippen molar-refractivity contribution >= 4 is 9.73 Å². The zero-order valence-corrected chi connectivity index (χ0v) is 6.54. The summed E-state index contributed by atoms with van der Waals surface area (Å²) in [7, 11) is -2.18. The molecule has 3 heteroatoms. The maximum Gasteiger partial charge on any atom is 0.0415 e. The Morgan fingerprint density at radius 3 is 2.33 bits per heavy atom. The Morgan fingerprint density at radius 2 is 2.22 bits per heavy atom. The van der Waals surface area contributed by atoms with E-state index in [1.54, 1.807) is 0 Å². The Balaban J connectivity index is 2.33. The molecule has 2 nitrogen and oxygen atoms in total. The predicted octanol–water partition coefficient (Wildman–Crippen LogP) is 1.46. The molecule has 0 aromatic carbocycles. The van der Waals surface area contributed by atoms with E-state index in [4.69, 9.17) is 4.78 Å². The quantitative estimate of drug-likeness (QED) is 0.631. The molecule has 1 N–H and O–H groups in total. The summed E-state index contributed by atoms with van der Waals surface area (Å²) in [5, 5.41) is 0. The summed E-state index contributed by atoms with van der Waals surface area (Å²) >= 11 is 0. The zero-order valence-electron chi connectivity index (χ0n) is 5.72. The highest BCUT2D eigenvalue weighted by Gasteiger charge is 2.19. The normalized spacial score (nSPS) is 26.8. The van der Waals surface area contributed by atoms with Crippen LogP contribution in [0, 0.1) is 10.7 Å². The zero-order chi connectivity index (χ0) is 6.91. The maximum atomic E-state index is 10.9. The Morgan fingerprint density at radius 1 is 1.67 bits per heavy atom. The summed E-state index contributed by atoms with van der Waals surface area (Å²) < 4.78 is 18.0. The van der Waals surface area contributed by atoms with Crippen LogP contribution >= 0.6 is 0 Å². The minimum atomic E-state index is -2.18. The molecule has 0 saturated heterocycles. The Labute approximate surface area is 56.6 Å². The lowest BCUT2D eigenvalue weighted by Crippen LogP contribution is -2.20. The number of nitrogens with one attached hydrogen (secondary N) is 1. The molecule has 0 aromatic rings. The van der Waals surface area contributed by atoms with Gasteiger partial charge < -0.3 is 0 Å². The molecule has 0 heterocycles. The van der Waals surface area contributed by atoms with Crippen molar-refractivity contribution in [3.8, 4) is 0 Å². The van der Waals surface area contributed by atoms with Gasteiger partial charge in [-0.25, -0.2) is 0 Å². The predicted molar refractivity (Wildman–Crippen MR) is 39.0 cm³/mol. The number of rotatable bonds is 2. The Bertz CT molecular complexity index is 179. The molecule has 1 unspecified atom stereocenters. The van der Waals surface area contributed by atoms with Gasteiger partial charge in [0.2, 0.25) is 0 Å². The van der Waals surface area contributed by atoms with Gasteiger partial charge >= 0.3 is 0 Å². The third-order valence-electron chi connectivity index (χ3n) is 1.78. The molecule has 1 fully saturated rings. The highest BCUT2D eigenvalue weighted by Crippen LogP contribution is 2.27. The van der Waals surface area contributed by atoms with Gasteiger partial charge in [-0.2, -0.15) is 0 Å². The van der Waals surface area contributed by atoms with Crippen LogP contribution in [0.25, 0.3) is 0 Å². The fraction of sp³-hybridized carbons (Fsp3) is 1.00. The van der Waals surface area contributed by atoms with Crippen LogP contribution in [0.2, 0.25) is 0 Å². The first-order chi connectivity index (χ1) is 4.08. The molecule has 1 atom stereocenters. The van der Waals surface area contributed by atoms with Crippen molar-refractivity contribution < 1.29 is 4.21 Å². The van der Waals surface area contributed by atoms with Gasteiger partial charge in [-0.3, -0.25) is 8.99 Å². The molecule has 9 heavy (non-hydrogen) atoms. The second-order valence-corrected chi connectivity index (χ2v) is 5.31. The lowest BCUT2D eigenvalue weighted by Gasteiger charge is -2.24. The van der Waals surface area contributed by atoms with Crippen molar-refractivity contribution in [2.45, 2.75) is 19.3 Å². The summed E-state index contributed by atoms with van der Waals surface area (Å²) in [4.78, 5) is 0. The SMILES string of the molecule is CS(=N)(=O)CC1CCC1. The van der Waals surface area contributed by atoms with E-state index < -0.39 is 9.73 Å². The van der Waals surface area contributed by atoms with Gasteiger partial charge in [0.15, 0.2) is 0 Å². The van der Waals surface area contributed by atoms with E-state index in [2.05, 4.69) is 0 Å². The molecule has 1 saturated carbocycles. The van der Waals surface area contributed by atoms with E-state index in [1.807, 2.05) is 0 Å². The van der Waals surface area contributed by atoms with E-state index in [-0.39, 0.29) is 0 Å². The highest BCUT2D eigenvalue weighted by atomic mass is 32.2. The van der Waals surface area contributed by atoms with Crippen molar-refractivity contribution in [2.24, 2.45) is 5.92 Å². The van der Waals surface area contributed by atoms with Crippen LogP contribution < -0.4 is 0 Å². The summed E-state index contributed by atoms with van der Waals surface area (Å²) in [5.74, 6) is 1.24. The van der Waals surface area contributed by atoms with Crippen molar-refractivity contribution in [1.29, 1.82) is 4.78 Å². The van der Waals surface area contributed by atoms with Gasteiger partial charge in [0.1, 0.15) is 0 Å². The largest absolute Gasteiger partial charge is 0.253 e. The monoisotopic (exact) mass is 147 g/mol. The molecular formula is C6H13NOS. The summed E-state index contributed by atoms with van der Waals surface area (Å²) in [6.07, 6.45) is 5.21. The Hall–Kier alpha value is -0.0500. The molecule has 1 aliphatic carbocycles. The maximum absolute atomic E-state index is 10.9. The van der Waals surface area contributed by atoms with Crippen molar-refractivity contribution in [2.75, 3.05) is 12.0 Å². The minimum Gasteiger partial charge on any atom is -0.253 e. The fourth-order valence-corrected chi connectivity index (χ4v) is 2.34. The Kier molecular flexibility index (Phi) is 1.80. The lowest BCUT2D eigenvalue weighted by molar-refractivity contribution is 0.350. The van der Waals surface area contributed by atoms with Crippen LogP contribution in [0.1, 0.15) is 19.3 Å². The summed E-state index contributed by atoms with van der Waals surface area (Å²) in [5.41, 5.74) is 0. The van der Waals surface area contributed by atoms with E-state index in [0.29, 0.717) is 11.7 Å². The average molecular weight is 147 g/mol. The van der Waals surface area contributed by atoms with Crippen molar-refractivity contribution in [1.82, 2.24) is 0 Å². The van der Waals surface area contributed by atoms with E-state index in [1.165, 1.54) is 25.5 Å². The number of hydrogen-bond donors (Lipinski definition) is 1. The van der Waals surface area contributed by atoms with Crippen LogP contribution in [-0.2, 0) is 9.73 Å². The first kappa shape index (κ1) is 7.06. The first-order valence-electron chi connectivity index (χ1n) is 3.29. The summed E-state index contributed by atoms with van der Waals surface area (Å²) in [6.45, 7) is 0. The molecule has 0 bridgehead atoms. The van der Waals surface area contributed by atoms with Gasteiger partial charge in [-0.05, 0) is 18.8 Å². The van der Waals surface area contributed by atoms with Crippen LogP contribution in [0.15, 0.2) is 0 Å². The number of hydrogen-bond acceptors (Lipinski definition) is 2. The molecule has 54 valence electrons. The van der Waals surface area contributed by atoms with Crippen LogP contribution in [-0.4, -0.2) is 16.2 Å². The molecule has 1 aliphatic rings. The molecule has 0 aromatic heterocycles. The third-order valence-corrected chi connectivity index (χ3v) is 2.89. The van der Waals surface area contributed by atoms with Gasteiger partial charge in [0, 0.05) is 21.7 Å². The van der Waals surface area contributed by atoms with Gasteiger partial charge in [-0.1, -0.05) is 6.42 Å². The smallest absolute Gasteiger partial charge is 0.0415 e. The first-order valence-corrected chi connectivity index (χ1v) is 5.43. The van der Waals surface area contributed by atoms with Crippen molar-refractivity contribution in [3.05, 3.63) is 0 Å². The standard InChI is InChI=1S/C6H13NOS/c1-9(7,8)5-6-3-2-4-6/h6-7H,2-5H2,1H3. The molecule has 0 amide bonds. The lowest BCUT2D eigenvalue weighted by atomic mass is 9.87. The van der Waals surface area contributed by atoms with Crippen LogP contribution in [0.3, 0.4) is 0 Å². The topological polar surface area (TPSA) is 40.9 Å². The van der Waals surface area contributed by atoms with Crippen molar-refractivity contribution in [3.63, 3.8) is 0 Å². The van der Waals surface area contributed by atoms with E-state index in [9.17, 15) is 4.21 Å². The second-order valence-electron chi connectivity index (χ2n) is 2.97. The second kappa shape index (κ2) is 2.29. The molecule has 0 aliphatic heterocycles. The molecule has 0 radical (unpaired) electrons. The van der Waals surface area contributed by atoms with Crippen LogP contribution in [0.5, 0.6) is 0 Å².